The Kier molecular flexibility index (Phi) is 5.71. The summed E-state index contributed by atoms with van der Waals surface area (Å²) in [6, 6.07) is 13.7. The SMILES string of the molecule is COc1ccccc1NC(=O)c1ccc(NC(=O)CN2CCCC2=O)cc1. The van der Waals surface area contributed by atoms with Crippen LogP contribution in [0.15, 0.2) is 48.5 Å². The Labute approximate surface area is 157 Å². The molecule has 7 nitrogen and oxygen atoms in total. The Balaban J connectivity index is 1.58. The van der Waals surface area contributed by atoms with Gasteiger partial charge in [0.2, 0.25) is 11.8 Å². The van der Waals surface area contributed by atoms with E-state index >= 15 is 0 Å². The molecule has 0 saturated carbocycles. The average molecular weight is 367 g/mol. The summed E-state index contributed by atoms with van der Waals surface area (Å²) in [5.74, 6) is 0.0521. The van der Waals surface area contributed by atoms with Gasteiger partial charge in [-0.25, -0.2) is 0 Å². The minimum atomic E-state index is -0.278. The lowest BCUT2D eigenvalue weighted by molar-refractivity contribution is -0.131. The van der Waals surface area contributed by atoms with E-state index in [0.717, 1.165) is 6.42 Å². The van der Waals surface area contributed by atoms with Gasteiger partial charge in [0.15, 0.2) is 0 Å². The highest BCUT2D eigenvalue weighted by atomic mass is 16.5. The van der Waals surface area contributed by atoms with Crippen LogP contribution in [0.5, 0.6) is 5.75 Å². The molecule has 0 bridgehead atoms. The molecule has 0 radical (unpaired) electrons. The molecular formula is C20H21N3O4. The molecule has 3 amide bonds. The van der Waals surface area contributed by atoms with Crippen molar-refractivity contribution in [1.29, 1.82) is 0 Å². The summed E-state index contributed by atoms with van der Waals surface area (Å²) in [6.07, 6.45) is 1.30. The van der Waals surface area contributed by atoms with Crippen LogP contribution >= 0.6 is 0 Å². The fourth-order valence-electron chi connectivity index (χ4n) is 2.89. The molecule has 1 fully saturated rings. The number of nitrogens with zero attached hydrogens (tertiary/aromatic N) is 1. The summed E-state index contributed by atoms with van der Waals surface area (Å²) in [5.41, 5.74) is 1.60. The first-order chi connectivity index (χ1) is 13.1. The molecule has 1 aliphatic heterocycles. The van der Waals surface area contributed by atoms with Gasteiger partial charge in [0.05, 0.1) is 19.3 Å². The monoisotopic (exact) mass is 367 g/mol. The Morgan fingerprint density at radius 1 is 1.07 bits per heavy atom. The predicted octanol–water partition coefficient (Wildman–Crippen LogP) is 2.51. The van der Waals surface area contributed by atoms with Crippen molar-refractivity contribution < 1.29 is 19.1 Å². The number of carbonyl (C=O) groups is 3. The number of benzene rings is 2. The van der Waals surface area contributed by atoms with Crippen LogP contribution in [0.4, 0.5) is 11.4 Å². The zero-order chi connectivity index (χ0) is 19.2. The number of anilines is 2. The molecule has 0 aliphatic carbocycles. The Bertz CT molecular complexity index is 849. The molecule has 0 spiro atoms. The minimum Gasteiger partial charge on any atom is -0.495 e. The number of rotatable bonds is 6. The lowest BCUT2D eigenvalue weighted by Gasteiger charge is -2.15. The third-order valence-corrected chi connectivity index (χ3v) is 4.29. The molecule has 140 valence electrons. The van der Waals surface area contributed by atoms with E-state index in [4.69, 9.17) is 4.74 Å². The van der Waals surface area contributed by atoms with Crippen molar-refractivity contribution in [3.8, 4) is 5.75 Å². The summed E-state index contributed by atoms with van der Waals surface area (Å²) < 4.78 is 5.22. The molecule has 1 saturated heterocycles. The van der Waals surface area contributed by atoms with Crippen LogP contribution in [0.25, 0.3) is 0 Å². The number of likely N-dealkylation sites (tertiary alicyclic amines) is 1. The summed E-state index contributed by atoms with van der Waals surface area (Å²) in [5, 5.41) is 5.53. The van der Waals surface area contributed by atoms with Gasteiger partial charge in [-0.2, -0.15) is 0 Å². The van der Waals surface area contributed by atoms with Crippen molar-refractivity contribution in [1.82, 2.24) is 4.90 Å². The fraction of sp³-hybridized carbons (Fsp3) is 0.250. The van der Waals surface area contributed by atoms with E-state index in [2.05, 4.69) is 10.6 Å². The average Bonchev–Trinajstić information content (AvgIpc) is 3.07. The Morgan fingerprint density at radius 3 is 2.48 bits per heavy atom. The molecule has 0 atom stereocenters. The topological polar surface area (TPSA) is 87.7 Å². The van der Waals surface area contributed by atoms with Gasteiger partial charge in [-0.05, 0) is 42.8 Å². The quantitative estimate of drug-likeness (QED) is 0.821. The molecule has 3 rings (SSSR count). The first-order valence-electron chi connectivity index (χ1n) is 8.69. The zero-order valence-electron chi connectivity index (χ0n) is 15.0. The van der Waals surface area contributed by atoms with E-state index in [-0.39, 0.29) is 24.3 Å². The second-order valence-corrected chi connectivity index (χ2v) is 6.20. The van der Waals surface area contributed by atoms with Gasteiger partial charge < -0.3 is 20.3 Å². The highest BCUT2D eigenvalue weighted by Crippen LogP contribution is 2.23. The molecule has 0 unspecified atom stereocenters. The van der Waals surface area contributed by atoms with Gasteiger partial charge in [-0.15, -0.1) is 0 Å². The normalized spacial score (nSPS) is 13.4. The maximum absolute atomic E-state index is 12.4. The van der Waals surface area contributed by atoms with E-state index in [1.807, 2.05) is 12.1 Å². The van der Waals surface area contributed by atoms with E-state index in [1.165, 1.54) is 7.11 Å². The first kappa shape index (κ1) is 18.4. The summed E-state index contributed by atoms with van der Waals surface area (Å²) >= 11 is 0. The summed E-state index contributed by atoms with van der Waals surface area (Å²) in [4.78, 5) is 37.5. The standard InChI is InChI=1S/C20H21N3O4/c1-27-17-6-3-2-5-16(17)22-20(26)14-8-10-15(11-9-14)21-18(24)13-23-12-4-7-19(23)25/h2-3,5-6,8-11H,4,7,12-13H2,1H3,(H,21,24)(H,22,26). The van der Waals surface area contributed by atoms with E-state index in [0.29, 0.717) is 35.7 Å². The summed E-state index contributed by atoms with van der Waals surface area (Å²) in [7, 11) is 1.54. The number of hydrogen-bond acceptors (Lipinski definition) is 4. The highest BCUT2D eigenvalue weighted by Gasteiger charge is 2.22. The molecular weight excluding hydrogens is 346 g/mol. The molecule has 1 heterocycles. The van der Waals surface area contributed by atoms with Crippen LogP contribution < -0.4 is 15.4 Å². The lowest BCUT2D eigenvalue weighted by atomic mass is 10.2. The second-order valence-electron chi connectivity index (χ2n) is 6.20. The van der Waals surface area contributed by atoms with Crippen molar-refractivity contribution >= 4 is 29.1 Å². The van der Waals surface area contributed by atoms with Gasteiger partial charge in [0, 0.05) is 24.2 Å². The van der Waals surface area contributed by atoms with E-state index in [1.54, 1.807) is 41.3 Å². The minimum absolute atomic E-state index is 0.00788. The van der Waals surface area contributed by atoms with Crippen LogP contribution in [-0.2, 0) is 9.59 Å². The number of hydrogen-bond donors (Lipinski definition) is 2. The van der Waals surface area contributed by atoms with Crippen molar-refractivity contribution in [3.63, 3.8) is 0 Å². The highest BCUT2D eigenvalue weighted by molar-refractivity contribution is 6.05. The third kappa shape index (κ3) is 4.63. The van der Waals surface area contributed by atoms with Gasteiger partial charge in [-0.1, -0.05) is 12.1 Å². The van der Waals surface area contributed by atoms with Crippen molar-refractivity contribution in [2.24, 2.45) is 0 Å². The van der Waals surface area contributed by atoms with Crippen LogP contribution in [-0.4, -0.2) is 42.8 Å². The molecule has 2 N–H and O–H groups in total. The fourth-order valence-corrected chi connectivity index (χ4v) is 2.89. The van der Waals surface area contributed by atoms with Gasteiger partial charge in [0.1, 0.15) is 5.75 Å². The first-order valence-corrected chi connectivity index (χ1v) is 8.69. The number of para-hydroxylation sites is 2. The van der Waals surface area contributed by atoms with Crippen LogP contribution in [0.2, 0.25) is 0 Å². The Morgan fingerprint density at radius 2 is 1.81 bits per heavy atom. The number of amides is 3. The Hall–Kier alpha value is -3.35. The predicted molar refractivity (Wildman–Crippen MR) is 102 cm³/mol. The number of carbonyl (C=O) groups excluding carboxylic acids is 3. The molecule has 27 heavy (non-hydrogen) atoms. The van der Waals surface area contributed by atoms with Crippen molar-refractivity contribution in [2.45, 2.75) is 12.8 Å². The van der Waals surface area contributed by atoms with Gasteiger partial charge in [0.25, 0.3) is 5.91 Å². The van der Waals surface area contributed by atoms with Crippen LogP contribution in [0.1, 0.15) is 23.2 Å². The zero-order valence-corrected chi connectivity index (χ0v) is 15.0. The maximum atomic E-state index is 12.4. The van der Waals surface area contributed by atoms with Crippen molar-refractivity contribution in [3.05, 3.63) is 54.1 Å². The van der Waals surface area contributed by atoms with Gasteiger partial charge in [-0.3, -0.25) is 14.4 Å². The molecule has 2 aromatic rings. The van der Waals surface area contributed by atoms with Crippen molar-refractivity contribution in [2.75, 3.05) is 30.8 Å². The molecule has 0 aromatic heterocycles. The lowest BCUT2D eigenvalue weighted by Crippen LogP contribution is -2.33. The van der Waals surface area contributed by atoms with Crippen LogP contribution in [0, 0.1) is 0 Å². The summed E-state index contributed by atoms with van der Waals surface area (Å²) in [6.45, 7) is 0.670. The molecule has 2 aromatic carbocycles. The van der Waals surface area contributed by atoms with Gasteiger partial charge >= 0.3 is 0 Å². The number of methoxy groups -OCH3 is 1. The van der Waals surface area contributed by atoms with E-state index in [9.17, 15) is 14.4 Å². The van der Waals surface area contributed by atoms with E-state index < -0.39 is 0 Å². The maximum Gasteiger partial charge on any atom is 0.255 e. The largest absolute Gasteiger partial charge is 0.495 e. The second kappa shape index (κ2) is 8.35. The number of nitrogens with one attached hydrogen (secondary N) is 2. The smallest absolute Gasteiger partial charge is 0.255 e. The third-order valence-electron chi connectivity index (χ3n) is 4.29. The molecule has 1 aliphatic rings. The number of ether oxygens (including phenoxy) is 1. The molecule has 7 heteroatoms. The van der Waals surface area contributed by atoms with Crippen LogP contribution in [0.3, 0.4) is 0 Å².